The molecule has 0 aliphatic heterocycles. The highest BCUT2D eigenvalue weighted by atomic mass is 31.2. The summed E-state index contributed by atoms with van der Waals surface area (Å²) in [5.74, 6) is -2.19. The van der Waals surface area contributed by atoms with E-state index in [9.17, 15) is 28.6 Å². The van der Waals surface area contributed by atoms with Gasteiger partial charge in [0.1, 0.15) is 31.9 Å². The van der Waals surface area contributed by atoms with Gasteiger partial charge in [-0.1, -0.05) is 224 Å². The predicted octanol–water partition coefficient (Wildman–Crippen LogP) is 14.3. The van der Waals surface area contributed by atoms with Crippen molar-refractivity contribution in [2.24, 2.45) is 0 Å². The van der Waals surface area contributed by atoms with Crippen LogP contribution in [0.1, 0.15) is 50.1 Å². The van der Waals surface area contributed by atoms with Crippen molar-refractivity contribution in [3.63, 3.8) is 0 Å². The van der Waals surface area contributed by atoms with E-state index in [0.717, 1.165) is 11.1 Å². The molecule has 17 nitrogen and oxygen atoms in total. The topological polar surface area (TPSA) is 213 Å². The van der Waals surface area contributed by atoms with Crippen molar-refractivity contribution in [3.05, 3.63) is 299 Å². The van der Waals surface area contributed by atoms with Crippen LogP contribution in [0.15, 0.2) is 249 Å². The van der Waals surface area contributed by atoms with E-state index < -0.39 is 45.7 Å². The van der Waals surface area contributed by atoms with Crippen LogP contribution in [-0.4, -0.2) is 35.2 Å². The van der Waals surface area contributed by atoms with Crippen molar-refractivity contribution in [2.75, 3.05) is 0 Å². The van der Waals surface area contributed by atoms with E-state index in [4.69, 9.17) is 41.4 Å². The normalized spacial score (nSPS) is 12.0. The quantitative estimate of drug-likeness (QED) is 0.0335. The number of hydrogen-bond acceptors (Lipinski definition) is 14. The van der Waals surface area contributed by atoms with Gasteiger partial charge < -0.3 is 39.0 Å². The van der Waals surface area contributed by atoms with E-state index in [1.807, 2.05) is 164 Å². The smallest absolute Gasteiger partial charge is 0.485 e. The zero-order valence-corrected chi connectivity index (χ0v) is 49.0. The Labute approximate surface area is 504 Å². The number of amides is 2. The van der Waals surface area contributed by atoms with Crippen molar-refractivity contribution in [1.29, 1.82) is 0 Å². The van der Waals surface area contributed by atoms with Crippen molar-refractivity contribution < 1.29 is 70.0 Å². The molecule has 0 aromatic heterocycles. The number of carbonyl (C=O) groups is 3. The summed E-state index contributed by atoms with van der Waals surface area (Å²) >= 11 is 0. The van der Waals surface area contributed by atoms with Gasteiger partial charge in [-0.3, -0.25) is 22.9 Å². The molecule has 9 aromatic rings. The lowest BCUT2D eigenvalue weighted by molar-refractivity contribution is -0.142. The van der Waals surface area contributed by atoms with E-state index >= 15 is 0 Å². The molecule has 2 amide bonds. The second-order valence-electron chi connectivity index (χ2n) is 19.8. The van der Waals surface area contributed by atoms with Gasteiger partial charge >= 0.3 is 27.7 Å². The largest absolute Gasteiger partial charge is 0.530 e. The Kier molecular flexibility index (Phi) is 22.7. The summed E-state index contributed by atoms with van der Waals surface area (Å²) in [4.78, 5) is 41.6. The van der Waals surface area contributed by atoms with Crippen molar-refractivity contribution in [2.45, 2.75) is 71.2 Å². The molecule has 0 bridgehead atoms. The van der Waals surface area contributed by atoms with Crippen LogP contribution in [-0.2, 0) is 101 Å². The lowest BCUT2D eigenvalue weighted by Gasteiger charge is -2.23. The fourth-order valence-corrected chi connectivity index (χ4v) is 11.0. The number of phosphoric acid groups is 2. The summed E-state index contributed by atoms with van der Waals surface area (Å²) in [6.45, 7) is -0.542. The van der Waals surface area contributed by atoms with E-state index in [1.165, 1.54) is 18.2 Å². The van der Waals surface area contributed by atoms with Gasteiger partial charge in [0, 0.05) is 12.8 Å². The molecular weight excluding hydrogens is 1150 g/mol. The number of carboxylic acids is 1. The van der Waals surface area contributed by atoms with Crippen LogP contribution in [0.3, 0.4) is 0 Å². The maximum atomic E-state index is 14.7. The van der Waals surface area contributed by atoms with Crippen LogP contribution >= 0.6 is 15.6 Å². The molecule has 2 atom stereocenters. The molecule has 0 spiro atoms. The first-order valence-electron chi connectivity index (χ1n) is 27.8. The van der Waals surface area contributed by atoms with Crippen molar-refractivity contribution >= 4 is 33.6 Å². The van der Waals surface area contributed by atoms with Gasteiger partial charge in [0.05, 0.1) is 26.4 Å². The van der Waals surface area contributed by atoms with Crippen LogP contribution in [0.25, 0.3) is 0 Å². The Balaban J connectivity index is 0.986. The SMILES string of the molecule is O=C(N[C@@H](Cc1ccc(OP(=O)(OCc2ccccc2)OCc2ccccc2)c(OCc2ccccc2)c1)C(=O)N[C@@H](Cc1ccc(OP(=O)(OCc2ccccc2)OCc2ccccc2)c(OCc2ccccc2)c1)C(=O)O)OCc1ccccc1. The number of rotatable bonds is 32. The summed E-state index contributed by atoms with van der Waals surface area (Å²) in [5.41, 5.74) is 5.87. The molecule has 0 aliphatic rings. The second kappa shape index (κ2) is 31.7. The monoisotopic (exact) mass is 1210 g/mol. The minimum Gasteiger partial charge on any atom is -0.485 e. The Hall–Kier alpha value is -9.31. The average Bonchev–Trinajstić information content (AvgIpc) is 3.70. The first-order valence-corrected chi connectivity index (χ1v) is 30.8. The molecule has 0 aliphatic carbocycles. The molecular formula is C68H64N2O15P2. The first kappa shape index (κ1) is 62.2. The second-order valence-corrected chi connectivity index (χ2v) is 23.0. The third-order valence-corrected chi connectivity index (χ3v) is 15.8. The fraction of sp³-hybridized carbons (Fsp3) is 0.162. The Morgan fingerprint density at radius 1 is 0.345 bits per heavy atom. The van der Waals surface area contributed by atoms with Gasteiger partial charge in [-0.15, -0.1) is 0 Å². The standard InChI is InChI=1S/C68H64N2O15P2/c71-66(69-61(67(72)73)41-59-37-39-63(65(43-59)78-45-52-24-10-2-11-25-52)85-87(76,82-49-56-32-18-6-19-33-56)83-50-57-34-20-7-21-35-57)60(70-68(74)79-46-53-26-12-3-13-27-53)40-58-36-38-62(64(42-58)77-44-51-22-8-1-9-23-51)84-86(75,80-47-54-28-14-4-15-29-54)81-48-55-30-16-5-17-31-55/h1-39,42-43,60-61H,40-41,44-50H2,(H,69,71)(H,70,74)(H,72,73)/t60-,61-/m0/s1. The molecule has 19 heteroatoms. The van der Waals surface area contributed by atoms with Crippen LogP contribution < -0.4 is 29.2 Å². The van der Waals surface area contributed by atoms with Gasteiger partial charge in [-0.2, -0.15) is 0 Å². The first-order chi connectivity index (χ1) is 42.4. The van der Waals surface area contributed by atoms with Crippen molar-refractivity contribution in [1.82, 2.24) is 10.6 Å². The van der Waals surface area contributed by atoms with E-state index in [0.29, 0.717) is 38.9 Å². The molecule has 0 fully saturated rings. The minimum atomic E-state index is -4.43. The van der Waals surface area contributed by atoms with Crippen molar-refractivity contribution in [3.8, 4) is 23.0 Å². The number of nitrogens with one attached hydrogen (secondary N) is 2. The zero-order valence-electron chi connectivity index (χ0n) is 47.2. The van der Waals surface area contributed by atoms with Gasteiger partial charge in [-0.05, 0) is 74.3 Å². The summed E-state index contributed by atoms with van der Waals surface area (Å²) in [7, 11) is -8.86. The minimum absolute atomic E-state index is 0.0212. The number of benzene rings is 9. The molecule has 9 aromatic carbocycles. The number of phosphoric ester groups is 2. The number of alkyl carbamates (subject to hydrolysis) is 1. The number of hydrogen-bond donors (Lipinski definition) is 3. The van der Waals surface area contributed by atoms with E-state index in [1.54, 1.807) is 66.7 Å². The Morgan fingerprint density at radius 3 is 0.966 bits per heavy atom. The summed E-state index contributed by atoms with van der Waals surface area (Å²) in [6, 6.07) is 69.9. The molecule has 0 saturated carbocycles. The maximum Gasteiger partial charge on any atom is 0.530 e. The molecule has 0 radical (unpaired) electrons. The number of ether oxygens (including phenoxy) is 3. The fourth-order valence-electron chi connectivity index (χ4n) is 8.60. The molecule has 9 rings (SSSR count). The van der Waals surface area contributed by atoms with Crippen LogP contribution in [0.2, 0.25) is 0 Å². The van der Waals surface area contributed by atoms with Gasteiger partial charge in [0.15, 0.2) is 23.0 Å². The summed E-state index contributed by atoms with van der Waals surface area (Å²) in [5, 5.41) is 16.0. The van der Waals surface area contributed by atoms with Gasteiger partial charge in [-0.25, -0.2) is 18.7 Å². The average molecular weight is 1210 g/mol. The Morgan fingerprint density at radius 2 is 0.644 bits per heavy atom. The molecule has 0 saturated heterocycles. The van der Waals surface area contributed by atoms with E-state index in [-0.39, 0.29) is 82.1 Å². The molecule has 0 heterocycles. The highest BCUT2D eigenvalue weighted by Gasteiger charge is 2.34. The highest BCUT2D eigenvalue weighted by Crippen LogP contribution is 2.54. The number of aliphatic carboxylic acids is 1. The Bertz CT molecular complexity index is 3610. The van der Waals surface area contributed by atoms with Gasteiger partial charge in [0.25, 0.3) is 0 Å². The van der Waals surface area contributed by atoms with Crippen LogP contribution in [0, 0.1) is 0 Å². The summed E-state index contributed by atoms with van der Waals surface area (Å²) < 4.78 is 83.6. The molecule has 0 unspecified atom stereocenters. The van der Waals surface area contributed by atoms with Crippen LogP contribution in [0.5, 0.6) is 23.0 Å². The molecule has 3 N–H and O–H groups in total. The highest BCUT2D eigenvalue weighted by molar-refractivity contribution is 7.49. The number of carboxylic acid groups (broad SMARTS) is 1. The van der Waals surface area contributed by atoms with Crippen LogP contribution in [0.4, 0.5) is 4.79 Å². The lowest BCUT2D eigenvalue weighted by atomic mass is 10.0. The third kappa shape index (κ3) is 20.2. The lowest BCUT2D eigenvalue weighted by Crippen LogP contribution is -2.53. The van der Waals surface area contributed by atoms with Gasteiger partial charge in [0.2, 0.25) is 5.91 Å². The molecule has 446 valence electrons. The molecule has 87 heavy (non-hydrogen) atoms. The van der Waals surface area contributed by atoms with E-state index in [2.05, 4.69) is 10.6 Å². The predicted molar refractivity (Wildman–Crippen MR) is 326 cm³/mol. The maximum absolute atomic E-state index is 14.7. The third-order valence-electron chi connectivity index (χ3n) is 13.2. The number of carbonyl (C=O) groups excluding carboxylic acids is 2. The zero-order chi connectivity index (χ0) is 60.5. The summed E-state index contributed by atoms with van der Waals surface area (Å²) in [6.07, 6.45) is -1.51.